The number of hydrogen-bond donors (Lipinski definition) is 0. The van der Waals surface area contributed by atoms with E-state index in [1.165, 1.54) is 27.7 Å². The number of rotatable bonds is 1. The van der Waals surface area contributed by atoms with Crippen LogP contribution in [0.3, 0.4) is 0 Å². The molecule has 9 heteroatoms. The molecule has 0 saturated carbocycles. The van der Waals surface area contributed by atoms with E-state index in [9.17, 15) is 35.1 Å². The fourth-order valence-corrected chi connectivity index (χ4v) is 3.63. The molecule has 0 radical (unpaired) electrons. The van der Waals surface area contributed by atoms with Crippen molar-refractivity contribution in [2.75, 3.05) is 0 Å². The molecule has 0 bridgehead atoms. The van der Waals surface area contributed by atoms with Crippen molar-refractivity contribution in [3.8, 4) is 11.5 Å². The number of aryl methyl sites for hydroxylation is 4. The molecule has 0 unspecified atom stereocenters. The van der Waals surface area contributed by atoms with E-state index in [0.29, 0.717) is 23.3 Å². The maximum Gasteiger partial charge on any atom is 0.454 e. The summed E-state index contributed by atoms with van der Waals surface area (Å²) in [5, 5.41) is 0. The molecule has 0 N–H and O–H groups in total. The van der Waals surface area contributed by atoms with Crippen molar-refractivity contribution in [3.63, 3.8) is 0 Å². The molecular weight excluding hydrogens is 408 g/mol. The highest BCUT2D eigenvalue weighted by Crippen LogP contribution is 2.66. The maximum atomic E-state index is 14.9. The fourth-order valence-electron chi connectivity index (χ4n) is 3.63. The number of ether oxygens (including phenoxy) is 1. The molecular formula is C20H16F8O. The molecule has 0 aromatic heterocycles. The van der Waals surface area contributed by atoms with Gasteiger partial charge in [0.1, 0.15) is 11.5 Å². The van der Waals surface area contributed by atoms with E-state index in [-0.39, 0.29) is 11.1 Å². The Bertz CT molecular complexity index is 928. The minimum Gasteiger partial charge on any atom is -0.457 e. The number of fused-ring (bicyclic) bond motifs is 2. The molecule has 0 atom stereocenters. The molecule has 0 fully saturated rings. The van der Waals surface area contributed by atoms with Gasteiger partial charge in [-0.15, -0.1) is 0 Å². The van der Waals surface area contributed by atoms with Crippen LogP contribution in [0.5, 0.6) is 11.5 Å². The minimum atomic E-state index is -6.47. The van der Waals surface area contributed by atoms with Crippen LogP contribution < -0.4 is 4.74 Å². The highest BCUT2D eigenvalue weighted by atomic mass is 19.4. The molecule has 1 aliphatic heterocycles. The van der Waals surface area contributed by atoms with Gasteiger partial charge in [-0.1, -0.05) is 12.1 Å². The molecule has 0 saturated heterocycles. The Morgan fingerprint density at radius 1 is 0.621 bits per heavy atom. The standard InChI is InChI=1S/C20H16F8O/c1-9-5-13-15(7-11(9)3)29-16-8-12(4)10(2)6-14(16)17(13,19(23,24)25)18(21,22)20(26,27)28/h5-8H,1-4H3. The summed E-state index contributed by atoms with van der Waals surface area (Å²) in [5.41, 5.74) is -6.13. The Morgan fingerprint density at radius 2 is 0.966 bits per heavy atom. The van der Waals surface area contributed by atoms with Crippen molar-refractivity contribution in [1.82, 2.24) is 0 Å². The van der Waals surface area contributed by atoms with Gasteiger partial charge in [-0.25, -0.2) is 0 Å². The summed E-state index contributed by atoms with van der Waals surface area (Å²) in [6.07, 6.45) is -12.4. The van der Waals surface area contributed by atoms with Crippen LogP contribution in [0.4, 0.5) is 35.1 Å². The van der Waals surface area contributed by atoms with Crippen LogP contribution >= 0.6 is 0 Å². The van der Waals surface area contributed by atoms with Crippen LogP contribution in [0.25, 0.3) is 0 Å². The van der Waals surface area contributed by atoms with Crippen molar-refractivity contribution in [3.05, 3.63) is 57.6 Å². The zero-order valence-corrected chi connectivity index (χ0v) is 15.7. The van der Waals surface area contributed by atoms with Crippen LogP contribution in [-0.2, 0) is 5.41 Å². The zero-order chi connectivity index (χ0) is 22.2. The number of alkyl halides is 8. The van der Waals surface area contributed by atoms with Crippen molar-refractivity contribution in [2.45, 2.75) is 51.4 Å². The first kappa shape index (κ1) is 21.4. The fraction of sp³-hybridized carbons (Fsp3) is 0.400. The SMILES string of the molecule is Cc1cc2c(cc1C)C(C(F)(F)F)(C(F)(F)C(F)(F)F)c1cc(C)c(C)cc1O2. The first-order valence-corrected chi connectivity index (χ1v) is 8.48. The largest absolute Gasteiger partial charge is 0.457 e. The van der Waals surface area contributed by atoms with Crippen molar-refractivity contribution < 1.29 is 39.9 Å². The van der Waals surface area contributed by atoms with Crippen LogP contribution in [-0.4, -0.2) is 18.3 Å². The zero-order valence-electron chi connectivity index (χ0n) is 15.7. The van der Waals surface area contributed by atoms with E-state index in [1.54, 1.807) is 0 Å². The van der Waals surface area contributed by atoms with Gasteiger partial charge >= 0.3 is 18.3 Å². The van der Waals surface area contributed by atoms with Crippen molar-refractivity contribution >= 4 is 0 Å². The monoisotopic (exact) mass is 424 g/mol. The average Bonchev–Trinajstić information content (AvgIpc) is 2.53. The summed E-state index contributed by atoms with van der Waals surface area (Å²) in [6.45, 7) is 5.65. The highest BCUT2D eigenvalue weighted by Gasteiger charge is 2.82. The van der Waals surface area contributed by atoms with Crippen molar-refractivity contribution in [1.29, 1.82) is 0 Å². The Hall–Kier alpha value is -2.32. The lowest BCUT2D eigenvalue weighted by molar-refractivity contribution is -0.349. The summed E-state index contributed by atoms with van der Waals surface area (Å²) in [5.74, 6) is -7.51. The van der Waals surface area contributed by atoms with Crippen LogP contribution in [0.15, 0.2) is 24.3 Å². The van der Waals surface area contributed by atoms with E-state index in [4.69, 9.17) is 4.74 Å². The summed E-state index contributed by atoms with van der Waals surface area (Å²) >= 11 is 0. The Balaban J connectivity index is 2.60. The lowest BCUT2D eigenvalue weighted by Crippen LogP contribution is -2.63. The number of benzene rings is 2. The van der Waals surface area contributed by atoms with E-state index in [1.807, 2.05) is 0 Å². The molecule has 158 valence electrons. The van der Waals surface area contributed by atoms with Gasteiger partial charge in [0.25, 0.3) is 0 Å². The van der Waals surface area contributed by atoms with Crippen LogP contribution in [0.1, 0.15) is 33.4 Å². The second-order valence-electron chi connectivity index (χ2n) is 7.29. The average molecular weight is 424 g/mol. The third-order valence-corrected chi connectivity index (χ3v) is 5.47. The topological polar surface area (TPSA) is 9.23 Å². The maximum absolute atomic E-state index is 14.9. The molecule has 3 rings (SSSR count). The van der Waals surface area contributed by atoms with Crippen molar-refractivity contribution in [2.24, 2.45) is 0 Å². The van der Waals surface area contributed by atoms with Crippen LogP contribution in [0, 0.1) is 27.7 Å². The summed E-state index contributed by atoms with van der Waals surface area (Å²) in [7, 11) is 0. The van der Waals surface area contributed by atoms with Gasteiger partial charge in [-0.3, -0.25) is 0 Å². The Kier molecular flexibility index (Phi) is 4.49. The second-order valence-corrected chi connectivity index (χ2v) is 7.29. The third kappa shape index (κ3) is 2.73. The van der Waals surface area contributed by atoms with Gasteiger partial charge in [-0.2, -0.15) is 35.1 Å². The predicted octanol–water partition coefficient (Wildman–Crippen LogP) is 7.07. The molecule has 1 heterocycles. The summed E-state index contributed by atoms with van der Waals surface area (Å²) < 4.78 is 119. The lowest BCUT2D eigenvalue weighted by atomic mass is 9.66. The number of halogens is 8. The quantitative estimate of drug-likeness (QED) is 0.445. The van der Waals surface area contributed by atoms with E-state index in [0.717, 1.165) is 12.1 Å². The first-order chi connectivity index (χ1) is 13.1. The normalized spacial score (nSPS) is 16.1. The van der Waals surface area contributed by atoms with Gasteiger partial charge in [0.15, 0.2) is 5.41 Å². The molecule has 2 aromatic carbocycles. The van der Waals surface area contributed by atoms with Gasteiger partial charge in [0.2, 0.25) is 0 Å². The molecule has 29 heavy (non-hydrogen) atoms. The molecule has 2 aromatic rings. The molecule has 1 nitrogen and oxygen atoms in total. The second kappa shape index (κ2) is 6.09. The molecule has 0 amide bonds. The van der Waals surface area contributed by atoms with Crippen LogP contribution in [0.2, 0.25) is 0 Å². The first-order valence-electron chi connectivity index (χ1n) is 8.48. The molecule has 0 spiro atoms. The Morgan fingerprint density at radius 3 is 1.28 bits per heavy atom. The predicted molar refractivity (Wildman–Crippen MR) is 89.7 cm³/mol. The molecule has 1 aliphatic rings. The highest BCUT2D eigenvalue weighted by molar-refractivity contribution is 5.64. The minimum absolute atomic E-state index is 0.131. The third-order valence-electron chi connectivity index (χ3n) is 5.47. The summed E-state index contributed by atoms with van der Waals surface area (Å²) in [4.78, 5) is 0. The van der Waals surface area contributed by atoms with E-state index < -0.39 is 46.3 Å². The molecule has 0 aliphatic carbocycles. The Labute approximate surface area is 161 Å². The smallest absolute Gasteiger partial charge is 0.454 e. The van der Waals surface area contributed by atoms with Gasteiger partial charge in [-0.05, 0) is 62.1 Å². The van der Waals surface area contributed by atoms with E-state index >= 15 is 0 Å². The van der Waals surface area contributed by atoms with Gasteiger partial charge < -0.3 is 4.74 Å². The van der Waals surface area contributed by atoms with Gasteiger partial charge in [0.05, 0.1) is 0 Å². The lowest BCUT2D eigenvalue weighted by Gasteiger charge is -2.46. The van der Waals surface area contributed by atoms with E-state index in [2.05, 4.69) is 0 Å². The number of hydrogen-bond acceptors (Lipinski definition) is 1. The summed E-state index contributed by atoms with van der Waals surface area (Å²) in [6, 6.07) is 3.51. The van der Waals surface area contributed by atoms with Gasteiger partial charge in [0, 0.05) is 11.1 Å².